The third-order valence-electron chi connectivity index (χ3n) is 4.13. The summed E-state index contributed by atoms with van der Waals surface area (Å²) in [7, 11) is 0. The third kappa shape index (κ3) is 3.08. The van der Waals surface area contributed by atoms with Gasteiger partial charge in [0.15, 0.2) is 0 Å². The van der Waals surface area contributed by atoms with Crippen molar-refractivity contribution in [1.29, 1.82) is 0 Å². The number of hydrogen-bond acceptors (Lipinski definition) is 2. The summed E-state index contributed by atoms with van der Waals surface area (Å²) in [4.78, 5) is 24.9. The van der Waals surface area contributed by atoms with Crippen LogP contribution in [0.5, 0.6) is 0 Å². The van der Waals surface area contributed by atoms with Gasteiger partial charge in [-0.25, -0.2) is 14.0 Å². The Bertz CT molecular complexity index is 764. The van der Waals surface area contributed by atoms with Gasteiger partial charge in [-0.2, -0.15) is 0 Å². The van der Waals surface area contributed by atoms with Crippen LogP contribution < -0.4 is 5.32 Å². The number of urea groups is 1. The predicted octanol–water partition coefficient (Wildman–Crippen LogP) is 3.57. The number of amides is 2. The number of carboxylic acid groups (broad SMARTS) is 1. The van der Waals surface area contributed by atoms with Gasteiger partial charge in [0.2, 0.25) is 0 Å². The normalized spacial score (nSPS) is 16.9. The van der Waals surface area contributed by atoms with Gasteiger partial charge >= 0.3 is 12.0 Å². The van der Waals surface area contributed by atoms with Crippen LogP contribution in [0.2, 0.25) is 0 Å². The van der Waals surface area contributed by atoms with Gasteiger partial charge in [-0.15, -0.1) is 0 Å². The van der Waals surface area contributed by atoms with E-state index in [9.17, 15) is 19.1 Å². The van der Waals surface area contributed by atoms with Crippen molar-refractivity contribution in [2.24, 2.45) is 0 Å². The standard InChI is InChI=1S/C18H17FN2O3/c19-14-9-4-8-13(12-6-2-1-3-7-12)16(14)20-18(24)21-11-5-10-15(21)17(22)23/h1-4,6-9,15H,5,10-11H2,(H,20,24)(H,22,23). The summed E-state index contributed by atoms with van der Waals surface area (Å²) in [5.41, 5.74) is 1.38. The molecule has 1 saturated heterocycles. The fourth-order valence-corrected chi connectivity index (χ4v) is 2.95. The summed E-state index contributed by atoms with van der Waals surface area (Å²) < 4.78 is 14.3. The van der Waals surface area contributed by atoms with Gasteiger partial charge in [-0.1, -0.05) is 42.5 Å². The zero-order chi connectivity index (χ0) is 17.1. The van der Waals surface area contributed by atoms with Crippen molar-refractivity contribution in [3.63, 3.8) is 0 Å². The second kappa shape index (κ2) is 6.70. The Hall–Kier alpha value is -2.89. The average molecular weight is 328 g/mol. The van der Waals surface area contributed by atoms with Gasteiger partial charge in [-0.3, -0.25) is 0 Å². The first-order valence-electron chi connectivity index (χ1n) is 7.72. The quantitative estimate of drug-likeness (QED) is 0.905. The maximum atomic E-state index is 14.3. The molecule has 1 heterocycles. The number of nitrogens with zero attached hydrogens (tertiary/aromatic N) is 1. The van der Waals surface area contributed by atoms with Crippen LogP contribution >= 0.6 is 0 Å². The highest BCUT2D eigenvalue weighted by molar-refractivity contribution is 5.96. The van der Waals surface area contributed by atoms with Gasteiger partial charge in [0.1, 0.15) is 11.9 Å². The Balaban J connectivity index is 1.90. The minimum Gasteiger partial charge on any atom is -0.480 e. The fraction of sp³-hybridized carbons (Fsp3) is 0.222. The Morgan fingerprint density at radius 1 is 1.12 bits per heavy atom. The number of carbonyl (C=O) groups is 2. The Morgan fingerprint density at radius 2 is 1.88 bits per heavy atom. The summed E-state index contributed by atoms with van der Waals surface area (Å²) in [5, 5.41) is 11.7. The van der Waals surface area contributed by atoms with E-state index < -0.39 is 23.9 Å². The molecular weight excluding hydrogens is 311 g/mol. The maximum absolute atomic E-state index is 14.3. The molecule has 2 aromatic rings. The van der Waals surface area contributed by atoms with Crippen LogP contribution in [0, 0.1) is 5.82 Å². The van der Waals surface area contributed by atoms with E-state index in [4.69, 9.17) is 0 Å². The number of aliphatic carboxylic acids is 1. The molecule has 0 spiro atoms. The zero-order valence-electron chi connectivity index (χ0n) is 12.9. The smallest absolute Gasteiger partial charge is 0.326 e. The lowest BCUT2D eigenvalue weighted by atomic mass is 10.0. The van der Waals surface area contributed by atoms with E-state index in [1.807, 2.05) is 30.3 Å². The van der Waals surface area contributed by atoms with E-state index in [1.54, 1.807) is 12.1 Å². The molecule has 0 saturated carbocycles. The third-order valence-corrected chi connectivity index (χ3v) is 4.13. The van der Waals surface area contributed by atoms with Crippen LogP contribution in [0.3, 0.4) is 0 Å². The van der Waals surface area contributed by atoms with E-state index in [-0.39, 0.29) is 5.69 Å². The second-order valence-corrected chi connectivity index (χ2v) is 5.65. The summed E-state index contributed by atoms with van der Waals surface area (Å²) in [6, 6.07) is 12.2. The van der Waals surface area contributed by atoms with Crippen LogP contribution in [0.1, 0.15) is 12.8 Å². The summed E-state index contributed by atoms with van der Waals surface area (Å²) in [6.07, 6.45) is 1.03. The number of benzene rings is 2. The van der Waals surface area contributed by atoms with Crippen LogP contribution in [0.4, 0.5) is 14.9 Å². The highest BCUT2D eigenvalue weighted by Crippen LogP contribution is 2.31. The molecule has 0 aromatic heterocycles. The van der Waals surface area contributed by atoms with Gasteiger partial charge in [0.05, 0.1) is 5.69 Å². The molecule has 2 amide bonds. The highest BCUT2D eigenvalue weighted by atomic mass is 19.1. The number of halogens is 1. The van der Waals surface area contributed by atoms with Crippen LogP contribution in [0.15, 0.2) is 48.5 Å². The first kappa shape index (κ1) is 16.0. The summed E-state index contributed by atoms with van der Waals surface area (Å²) in [5.74, 6) is -1.60. The Labute approximate surface area is 138 Å². The van der Waals surface area contributed by atoms with E-state index in [0.29, 0.717) is 24.9 Å². The molecule has 1 aliphatic heterocycles. The number of carboxylic acids is 1. The molecule has 1 fully saturated rings. The van der Waals surface area contributed by atoms with E-state index in [1.165, 1.54) is 11.0 Å². The van der Waals surface area contributed by atoms with Crippen molar-refractivity contribution in [3.05, 3.63) is 54.3 Å². The molecule has 2 N–H and O–H groups in total. The minimum atomic E-state index is -1.04. The Morgan fingerprint density at radius 3 is 2.58 bits per heavy atom. The average Bonchev–Trinajstić information content (AvgIpc) is 3.07. The van der Waals surface area contributed by atoms with Crippen molar-refractivity contribution in [3.8, 4) is 11.1 Å². The molecule has 24 heavy (non-hydrogen) atoms. The van der Waals surface area contributed by atoms with Crippen molar-refractivity contribution in [2.45, 2.75) is 18.9 Å². The number of carbonyl (C=O) groups excluding carboxylic acids is 1. The molecule has 124 valence electrons. The zero-order valence-corrected chi connectivity index (χ0v) is 12.9. The van der Waals surface area contributed by atoms with E-state index >= 15 is 0 Å². The lowest BCUT2D eigenvalue weighted by Gasteiger charge is -2.23. The number of hydrogen-bond donors (Lipinski definition) is 2. The minimum absolute atomic E-state index is 0.0599. The molecule has 1 atom stereocenters. The molecule has 0 aliphatic carbocycles. The van der Waals surface area contributed by atoms with Crippen LogP contribution in [0.25, 0.3) is 11.1 Å². The van der Waals surface area contributed by atoms with Crippen LogP contribution in [-0.2, 0) is 4.79 Å². The summed E-state index contributed by atoms with van der Waals surface area (Å²) >= 11 is 0. The second-order valence-electron chi connectivity index (χ2n) is 5.65. The molecule has 0 bridgehead atoms. The molecule has 5 nitrogen and oxygen atoms in total. The number of nitrogens with one attached hydrogen (secondary N) is 1. The van der Waals surface area contributed by atoms with Gasteiger partial charge in [-0.05, 0) is 24.5 Å². The van der Waals surface area contributed by atoms with Crippen molar-refractivity contribution >= 4 is 17.7 Å². The molecule has 0 radical (unpaired) electrons. The molecule has 6 heteroatoms. The topological polar surface area (TPSA) is 69.6 Å². The SMILES string of the molecule is O=C(O)C1CCCN1C(=O)Nc1c(F)cccc1-c1ccccc1. The van der Waals surface area contributed by atoms with Gasteiger partial charge < -0.3 is 15.3 Å². The maximum Gasteiger partial charge on any atom is 0.326 e. The first-order valence-corrected chi connectivity index (χ1v) is 7.72. The lowest BCUT2D eigenvalue weighted by molar-refractivity contribution is -0.141. The lowest BCUT2D eigenvalue weighted by Crippen LogP contribution is -2.43. The number of likely N-dealkylation sites (tertiary alicyclic amines) is 1. The monoisotopic (exact) mass is 328 g/mol. The number of anilines is 1. The van der Waals surface area contributed by atoms with Crippen LogP contribution in [-0.4, -0.2) is 34.6 Å². The molecular formula is C18H17FN2O3. The van der Waals surface area contributed by atoms with Crippen molar-refractivity contribution in [1.82, 2.24) is 4.90 Å². The van der Waals surface area contributed by atoms with E-state index in [0.717, 1.165) is 5.56 Å². The molecule has 1 aliphatic rings. The Kier molecular flexibility index (Phi) is 4.46. The van der Waals surface area contributed by atoms with Crippen molar-refractivity contribution in [2.75, 3.05) is 11.9 Å². The largest absolute Gasteiger partial charge is 0.480 e. The van der Waals surface area contributed by atoms with Gasteiger partial charge in [0.25, 0.3) is 0 Å². The summed E-state index contributed by atoms with van der Waals surface area (Å²) in [6.45, 7) is 0.345. The molecule has 1 unspecified atom stereocenters. The number of para-hydroxylation sites is 1. The molecule has 2 aromatic carbocycles. The predicted molar refractivity (Wildman–Crippen MR) is 88.2 cm³/mol. The first-order chi connectivity index (χ1) is 11.6. The molecule has 3 rings (SSSR count). The number of rotatable bonds is 3. The van der Waals surface area contributed by atoms with Gasteiger partial charge in [0, 0.05) is 12.1 Å². The van der Waals surface area contributed by atoms with E-state index in [2.05, 4.69) is 5.32 Å². The highest BCUT2D eigenvalue weighted by Gasteiger charge is 2.34. The fourth-order valence-electron chi connectivity index (χ4n) is 2.95. The van der Waals surface area contributed by atoms with Crippen molar-refractivity contribution < 1.29 is 19.1 Å².